The number of carbonyl (C=O) groups is 3. The Hall–Kier alpha value is -3.96. The van der Waals surface area contributed by atoms with Crippen molar-refractivity contribution in [2.75, 3.05) is 36.5 Å². The van der Waals surface area contributed by atoms with E-state index in [1.54, 1.807) is 48.5 Å². The number of rotatable bonds is 4. The molecular weight excluding hydrogens is 396 g/mol. The Kier molecular flexibility index (Phi) is 5.52. The molecule has 1 saturated heterocycles. The maximum Gasteiger partial charge on any atom is 0.282 e. The average molecular weight is 416 g/mol. The van der Waals surface area contributed by atoms with Gasteiger partial charge >= 0.3 is 0 Å². The van der Waals surface area contributed by atoms with Crippen LogP contribution in [0.4, 0.5) is 11.4 Å². The molecule has 0 atom stereocenters. The molecule has 2 aromatic carbocycles. The molecule has 0 bridgehead atoms. The molecule has 1 fully saturated rings. The standard InChI is InChI=1S/C23H20N4O4/c1-15(28)25-18-6-4-17(5-7-18)20-21(26-10-12-31-13-11-26)23(30)27(22(20)29)19-8-2-16(14-24)3-9-19/h2-9H,10-13H2,1H3,(H,25,28). The van der Waals surface area contributed by atoms with Gasteiger partial charge in [-0.1, -0.05) is 12.1 Å². The van der Waals surface area contributed by atoms with Crippen LogP contribution in [-0.4, -0.2) is 48.9 Å². The Morgan fingerprint density at radius 3 is 2.23 bits per heavy atom. The van der Waals surface area contributed by atoms with E-state index in [0.29, 0.717) is 60.1 Å². The number of hydrogen-bond acceptors (Lipinski definition) is 6. The molecule has 2 heterocycles. The molecule has 2 aromatic rings. The Morgan fingerprint density at radius 1 is 1.00 bits per heavy atom. The lowest BCUT2D eigenvalue weighted by molar-refractivity contribution is -0.121. The molecule has 0 aliphatic carbocycles. The minimum Gasteiger partial charge on any atom is -0.378 e. The Balaban J connectivity index is 1.76. The van der Waals surface area contributed by atoms with Crippen molar-refractivity contribution in [2.45, 2.75) is 6.92 Å². The van der Waals surface area contributed by atoms with E-state index < -0.39 is 11.8 Å². The molecule has 0 saturated carbocycles. The second-order valence-electron chi connectivity index (χ2n) is 7.19. The van der Waals surface area contributed by atoms with Gasteiger partial charge in [-0.05, 0) is 42.0 Å². The van der Waals surface area contributed by atoms with Gasteiger partial charge in [0.25, 0.3) is 11.8 Å². The highest BCUT2D eigenvalue weighted by Gasteiger charge is 2.42. The van der Waals surface area contributed by atoms with Crippen LogP contribution in [0.2, 0.25) is 0 Å². The first-order valence-electron chi connectivity index (χ1n) is 9.83. The zero-order chi connectivity index (χ0) is 22.0. The fourth-order valence-electron chi connectivity index (χ4n) is 3.70. The van der Waals surface area contributed by atoms with Crippen molar-refractivity contribution in [1.82, 2.24) is 4.90 Å². The highest BCUT2D eigenvalue weighted by molar-refractivity contribution is 6.45. The third kappa shape index (κ3) is 3.91. The van der Waals surface area contributed by atoms with Crippen LogP contribution in [0.5, 0.6) is 0 Å². The van der Waals surface area contributed by atoms with Crippen LogP contribution in [0.3, 0.4) is 0 Å². The molecule has 0 unspecified atom stereocenters. The van der Waals surface area contributed by atoms with Crippen LogP contribution in [0.25, 0.3) is 5.57 Å². The van der Waals surface area contributed by atoms with Crippen molar-refractivity contribution in [2.24, 2.45) is 0 Å². The predicted molar refractivity (Wildman–Crippen MR) is 114 cm³/mol. The van der Waals surface area contributed by atoms with E-state index in [2.05, 4.69) is 5.32 Å². The van der Waals surface area contributed by atoms with Gasteiger partial charge in [-0.25, -0.2) is 4.90 Å². The van der Waals surface area contributed by atoms with Gasteiger partial charge in [-0.3, -0.25) is 14.4 Å². The van der Waals surface area contributed by atoms with E-state index >= 15 is 0 Å². The molecule has 0 aromatic heterocycles. The lowest BCUT2D eigenvalue weighted by Gasteiger charge is -2.29. The number of morpholine rings is 1. The maximum atomic E-state index is 13.4. The highest BCUT2D eigenvalue weighted by atomic mass is 16.5. The summed E-state index contributed by atoms with van der Waals surface area (Å²) in [6.45, 7) is 3.36. The summed E-state index contributed by atoms with van der Waals surface area (Å²) in [5.74, 6) is -1.03. The van der Waals surface area contributed by atoms with Gasteiger partial charge in [0.1, 0.15) is 5.70 Å². The van der Waals surface area contributed by atoms with E-state index in [0.717, 1.165) is 4.90 Å². The molecule has 1 N–H and O–H groups in total. The van der Waals surface area contributed by atoms with E-state index in [1.807, 2.05) is 11.0 Å². The molecule has 0 spiro atoms. The average Bonchev–Trinajstić information content (AvgIpc) is 3.04. The van der Waals surface area contributed by atoms with Crippen LogP contribution in [0, 0.1) is 11.3 Å². The smallest absolute Gasteiger partial charge is 0.282 e. The number of amides is 3. The summed E-state index contributed by atoms with van der Waals surface area (Å²) >= 11 is 0. The van der Waals surface area contributed by atoms with Gasteiger partial charge in [-0.15, -0.1) is 0 Å². The number of nitrogens with zero attached hydrogens (tertiary/aromatic N) is 3. The van der Waals surface area contributed by atoms with Crippen molar-refractivity contribution in [3.05, 3.63) is 65.4 Å². The van der Waals surface area contributed by atoms with Crippen LogP contribution in [0.15, 0.2) is 54.2 Å². The summed E-state index contributed by atoms with van der Waals surface area (Å²) in [7, 11) is 0. The Labute approximate surface area is 179 Å². The second-order valence-corrected chi connectivity index (χ2v) is 7.19. The summed E-state index contributed by atoms with van der Waals surface area (Å²) in [6, 6.07) is 15.2. The van der Waals surface area contributed by atoms with Crippen LogP contribution in [-0.2, 0) is 19.1 Å². The zero-order valence-electron chi connectivity index (χ0n) is 16.9. The molecular formula is C23H20N4O4. The van der Waals surface area contributed by atoms with Crippen molar-refractivity contribution in [1.29, 1.82) is 5.26 Å². The van der Waals surface area contributed by atoms with Gasteiger partial charge in [-0.2, -0.15) is 5.26 Å². The molecule has 2 aliphatic heterocycles. The number of imide groups is 1. The SMILES string of the molecule is CC(=O)Nc1ccc(C2=C(N3CCOCC3)C(=O)N(c3ccc(C#N)cc3)C2=O)cc1. The largest absolute Gasteiger partial charge is 0.378 e. The molecule has 3 amide bonds. The number of carbonyl (C=O) groups excluding carboxylic acids is 3. The third-order valence-corrected chi connectivity index (χ3v) is 5.14. The normalized spacial score (nSPS) is 16.5. The molecule has 31 heavy (non-hydrogen) atoms. The molecule has 4 rings (SSSR count). The highest BCUT2D eigenvalue weighted by Crippen LogP contribution is 2.35. The number of ether oxygens (including phenoxy) is 1. The van der Waals surface area contributed by atoms with Gasteiger partial charge in [0, 0.05) is 25.7 Å². The van der Waals surface area contributed by atoms with Gasteiger partial charge in [0.15, 0.2) is 0 Å². The fourth-order valence-corrected chi connectivity index (χ4v) is 3.70. The minimum absolute atomic E-state index is 0.194. The second kappa shape index (κ2) is 8.42. The monoisotopic (exact) mass is 416 g/mol. The summed E-state index contributed by atoms with van der Waals surface area (Å²) in [4.78, 5) is 41.2. The molecule has 156 valence electrons. The Morgan fingerprint density at radius 2 is 1.65 bits per heavy atom. The third-order valence-electron chi connectivity index (χ3n) is 5.14. The van der Waals surface area contributed by atoms with Crippen molar-refractivity contribution in [3.63, 3.8) is 0 Å². The van der Waals surface area contributed by atoms with Crippen molar-refractivity contribution >= 4 is 34.7 Å². The summed E-state index contributed by atoms with van der Waals surface area (Å²) in [6.07, 6.45) is 0. The lowest BCUT2D eigenvalue weighted by atomic mass is 10.0. The Bertz CT molecular complexity index is 1110. The van der Waals surface area contributed by atoms with Crippen LogP contribution in [0.1, 0.15) is 18.1 Å². The van der Waals surface area contributed by atoms with E-state index in [1.165, 1.54) is 6.92 Å². The first-order chi connectivity index (χ1) is 15.0. The lowest BCUT2D eigenvalue weighted by Crippen LogP contribution is -2.40. The first-order valence-corrected chi connectivity index (χ1v) is 9.83. The predicted octanol–water partition coefficient (Wildman–Crippen LogP) is 2.13. The maximum absolute atomic E-state index is 13.4. The molecule has 8 heteroatoms. The zero-order valence-corrected chi connectivity index (χ0v) is 16.9. The van der Waals surface area contributed by atoms with E-state index in [9.17, 15) is 14.4 Å². The number of anilines is 2. The number of nitriles is 1. The quantitative estimate of drug-likeness (QED) is 0.766. The van der Waals surface area contributed by atoms with E-state index in [4.69, 9.17) is 10.00 Å². The molecule has 0 radical (unpaired) electrons. The van der Waals surface area contributed by atoms with E-state index in [-0.39, 0.29) is 5.91 Å². The topological polar surface area (TPSA) is 103 Å². The molecule has 2 aliphatic rings. The van der Waals surface area contributed by atoms with Gasteiger partial charge in [0.05, 0.1) is 36.1 Å². The summed E-state index contributed by atoms with van der Waals surface area (Å²) in [5, 5.41) is 11.7. The first kappa shape index (κ1) is 20.3. The fraction of sp³-hybridized carbons (Fsp3) is 0.217. The number of benzene rings is 2. The number of hydrogen-bond donors (Lipinski definition) is 1. The van der Waals surface area contributed by atoms with Crippen molar-refractivity contribution < 1.29 is 19.1 Å². The number of nitrogens with one attached hydrogen (secondary N) is 1. The van der Waals surface area contributed by atoms with Gasteiger partial charge in [0.2, 0.25) is 5.91 Å². The van der Waals surface area contributed by atoms with Crippen LogP contribution < -0.4 is 10.2 Å². The summed E-state index contributed by atoms with van der Waals surface area (Å²) in [5.41, 5.74) is 2.69. The van der Waals surface area contributed by atoms with Gasteiger partial charge < -0.3 is 15.0 Å². The summed E-state index contributed by atoms with van der Waals surface area (Å²) < 4.78 is 5.41. The molecule has 8 nitrogen and oxygen atoms in total. The minimum atomic E-state index is -0.427. The van der Waals surface area contributed by atoms with Crippen LogP contribution >= 0.6 is 0 Å². The van der Waals surface area contributed by atoms with Crippen molar-refractivity contribution in [3.8, 4) is 6.07 Å².